The van der Waals surface area contributed by atoms with Gasteiger partial charge in [-0.2, -0.15) is 0 Å². The van der Waals surface area contributed by atoms with Crippen LogP contribution in [0, 0.1) is 5.92 Å². The lowest BCUT2D eigenvalue weighted by Crippen LogP contribution is -2.33. The highest BCUT2D eigenvalue weighted by Gasteiger charge is 2.33. The molecule has 2 aromatic rings. The van der Waals surface area contributed by atoms with Crippen LogP contribution in [-0.4, -0.2) is 41.4 Å². The van der Waals surface area contributed by atoms with Gasteiger partial charge in [0.05, 0.1) is 12.5 Å². The molecular formula is C21H25N3O3. The number of likely N-dealkylation sites (tertiary alicyclic amines) is 1. The van der Waals surface area contributed by atoms with Gasteiger partial charge in [0.15, 0.2) is 0 Å². The standard InChI is InChI=1S/C21H25N3O3/c1-2-27-21-17(9-6-11-22-21)14-23-20(26)18-13-19(25)24(15-18)12-10-16-7-4-3-5-8-16/h3-9,11,18H,2,10,12-15H2,1H3,(H,23,26). The number of aromatic nitrogens is 1. The number of rotatable bonds is 8. The van der Waals surface area contributed by atoms with Crippen molar-refractivity contribution in [3.05, 3.63) is 59.8 Å². The first kappa shape index (κ1) is 18.9. The summed E-state index contributed by atoms with van der Waals surface area (Å²) >= 11 is 0. The van der Waals surface area contributed by atoms with Gasteiger partial charge in [0.25, 0.3) is 0 Å². The molecule has 1 aromatic carbocycles. The smallest absolute Gasteiger partial charge is 0.225 e. The molecule has 1 atom stereocenters. The minimum Gasteiger partial charge on any atom is -0.478 e. The second kappa shape index (κ2) is 9.16. The third-order valence-corrected chi connectivity index (χ3v) is 4.68. The zero-order chi connectivity index (χ0) is 19.1. The molecule has 0 spiro atoms. The number of hydrogen-bond donors (Lipinski definition) is 1. The van der Waals surface area contributed by atoms with Crippen molar-refractivity contribution in [3.63, 3.8) is 0 Å². The Hall–Kier alpha value is -2.89. The Labute approximate surface area is 159 Å². The second-order valence-electron chi connectivity index (χ2n) is 6.59. The van der Waals surface area contributed by atoms with E-state index in [1.54, 1.807) is 11.1 Å². The molecule has 0 saturated carbocycles. The Morgan fingerprint density at radius 1 is 1.26 bits per heavy atom. The summed E-state index contributed by atoms with van der Waals surface area (Å²) in [4.78, 5) is 30.7. The third-order valence-electron chi connectivity index (χ3n) is 4.68. The van der Waals surface area contributed by atoms with Crippen molar-refractivity contribution in [2.24, 2.45) is 5.92 Å². The molecule has 6 nitrogen and oxygen atoms in total. The molecule has 2 heterocycles. The molecule has 142 valence electrons. The summed E-state index contributed by atoms with van der Waals surface area (Å²) in [6.45, 7) is 3.87. The Morgan fingerprint density at radius 2 is 2.07 bits per heavy atom. The van der Waals surface area contributed by atoms with Crippen molar-refractivity contribution in [1.29, 1.82) is 0 Å². The number of carbonyl (C=O) groups is 2. The second-order valence-corrected chi connectivity index (χ2v) is 6.59. The number of hydrogen-bond acceptors (Lipinski definition) is 4. The van der Waals surface area contributed by atoms with E-state index in [9.17, 15) is 9.59 Å². The van der Waals surface area contributed by atoms with Crippen molar-refractivity contribution in [2.75, 3.05) is 19.7 Å². The normalized spacial score (nSPS) is 16.4. The largest absolute Gasteiger partial charge is 0.478 e. The van der Waals surface area contributed by atoms with Crippen LogP contribution in [0.5, 0.6) is 5.88 Å². The average molecular weight is 367 g/mol. The van der Waals surface area contributed by atoms with Crippen LogP contribution in [0.3, 0.4) is 0 Å². The van der Waals surface area contributed by atoms with E-state index in [4.69, 9.17) is 4.74 Å². The lowest BCUT2D eigenvalue weighted by molar-refractivity contribution is -0.129. The summed E-state index contributed by atoms with van der Waals surface area (Å²) in [5, 5.41) is 2.92. The summed E-state index contributed by atoms with van der Waals surface area (Å²) < 4.78 is 5.48. The SMILES string of the molecule is CCOc1ncccc1CNC(=O)C1CC(=O)N(CCc2ccccc2)C1. The van der Waals surface area contributed by atoms with E-state index < -0.39 is 0 Å². The van der Waals surface area contributed by atoms with Crippen molar-refractivity contribution in [3.8, 4) is 5.88 Å². The van der Waals surface area contributed by atoms with Gasteiger partial charge in [0, 0.05) is 37.8 Å². The zero-order valence-electron chi connectivity index (χ0n) is 15.6. The summed E-state index contributed by atoms with van der Waals surface area (Å²) in [5.41, 5.74) is 2.02. The topological polar surface area (TPSA) is 71.5 Å². The number of amides is 2. The monoisotopic (exact) mass is 367 g/mol. The number of nitrogens with zero attached hydrogens (tertiary/aromatic N) is 2. The number of nitrogens with one attached hydrogen (secondary N) is 1. The molecule has 2 amide bonds. The molecule has 0 bridgehead atoms. The molecule has 1 aromatic heterocycles. The van der Waals surface area contributed by atoms with Gasteiger partial charge in [-0.15, -0.1) is 0 Å². The van der Waals surface area contributed by atoms with E-state index in [2.05, 4.69) is 22.4 Å². The van der Waals surface area contributed by atoms with E-state index in [0.717, 1.165) is 12.0 Å². The molecule has 27 heavy (non-hydrogen) atoms. The predicted molar refractivity (Wildman–Crippen MR) is 102 cm³/mol. The zero-order valence-corrected chi connectivity index (χ0v) is 15.6. The molecule has 3 rings (SSSR count). The number of ether oxygens (including phenoxy) is 1. The Kier molecular flexibility index (Phi) is 6.41. The highest BCUT2D eigenvalue weighted by atomic mass is 16.5. The predicted octanol–water partition coefficient (Wildman–Crippen LogP) is 2.19. The molecule has 1 unspecified atom stereocenters. The maximum absolute atomic E-state index is 12.5. The van der Waals surface area contributed by atoms with Gasteiger partial charge in [-0.25, -0.2) is 4.98 Å². The van der Waals surface area contributed by atoms with Gasteiger partial charge < -0.3 is 15.0 Å². The summed E-state index contributed by atoms with van der Waals surface area (Å²) in [7, 11) is 0. The van der Waals surface area contributed by atoms with Gasteiger partial charge in [0.2, 0.25) is 17.7 Å². The Bertz CT molecular complexity index is 779. The van der Waals surface area contributed by atoms with Crippen LogP contribution in [0.4, 0.5) is 0 Å². The molecule has 1 fully saturated rings. The summed E-state index contributed by atoms with van der Waals surface area (Å²) in [6, 6.07) is 13.8. The fourth-order valence-corrected chi connectivity index (χ4v) is 3.22. The maximum Gasteiger partial charge on any atom is 0.225 e. The highest BCUT2D eigenvalue weighted by molar-refractivity contribution is 5.89. The van der Waals surface area contributed by atoms with Gasteiger partial charge in [-0.3, -0.25) is 9.59 Å². The molecule has 6 heteroatoms. The Morgan fingerprint density at radius 3 is 2.85 bits per heavy atom. The summed E-state index contributed by atoms with van der Waals surface area (Å²) in [5.74, 6) is 0.173. The number of carbonyl (C=O) groups excluding carboxylic acids is 2. The highest BCUT2D eigenvalue weighted by Crippen LogP contribution is 2.19. The molecular weight excluding hydrogens is 342 g/mol. The quantitative estimate of drug-likeness (QED) is 0.776. The number of pyridine rings is 1. The van der Waals surface area contributed by atoms with Crippen molar-refractivity contribution < 1.29 is 14.3 Å². The van der Waals surface area contributed by atoms with E-state index in [1.165, 1.54) is 5.56 Å². The first-order valence-electron chi connectivity index (χ1n) is 9.33. The van der Waals surface area contributed by atoms with Crippen LogP contribution in [0.15, 0.2) is 48.7 Å². The fourth-order valence-electron chi connectivity index (χ4n) is 3.22. The lowest BCUT2D eigenvalue weighted by Gasteiger charge is -2.17. The van der Waals surface area contributed by atoms with Gasteiger partial charge >= 0.3 is 0 Å². The van der Waals surface area contributed by atoms with Gasteiger partial charge in [0.1, 0.15) is 0 Å². The molecule has 1 N–H and O–H groups in total. The number of benzene rings is 1. The first-order valence-corrected chi connectivity index (χ1v) is 9.33. The summed E-state index contributed by atoms with van der Waals surface area (Å²) in [6.07, 6.45) is 2.73. The van der Waals surface area contributed by atoms with E-state index >= 15 is 0 Å². The molecule has 1 aliphatic rings. The van der Waals surface area contributed by atoms with Crippen LogP contribution >= 0.6 is 0 Å². The van der Waals surface area contributed by atoms with Gasteiger partial charge in [-0.05, 0) is 25.0 Å². The lowest BCUT2D eigenvalue weighted by atomic mass is 10.1. The fraction of sp³-hybridized carbons (Fsp3) is 0.381. The van der Waals surface area contributed by atoms with Crippen LogP contribution < -0.4 is 10.1 Å². The Balaban J connectivity index is 1.50. The van der Waals surface area contributed by atoms with Gasteiger partial charge in [-0.1, -0.05) is 36.4 Å². The van der Waals surface area contributed by atoms with Crippen LogP contribution in [0.2, 0.25) is 0 Å². The van der Waals surface area contributed by atoms with Crippen LogP contribution in [0.25, 0.3) is 0 Å². The van der Waals surface area contributed by atoms with Crippen LogP contribution in [-0.2, 0) is 22.6 Å². The van der Waals surface area contributed by atoms with E-state index in [-0.39, 0.29) is 24.2 Å². The third kappa shape index (κ3) is 5.06. The van der Waals surface area contributed by atoms with Crippen LogP contribution in [0.1, 0.15) is 24.5 Å². The van der Waals surface area contributed by atoms with E-state index in [1.807, 2.05) is 37.3 Å². The maximum atomic E-state index is 12.5. The van der Waals surface area contributed by atoms with Crippen molar-refractivity contribution >= 4 is 11.8 Å². The first-order chi connectivity index (χ1) is 13.2. The molecule has 0 radical (unpaired) electrons. The van der Waals surface area contributed by atoms with E-state index in [0.29, 0.717) is 32.1 Å². The molecule has 1 saturated heterocycles. The minimum atomic E-state index is -0.305. The van der Waals surface area contributed by atoms with Crippen molar-refractivity contribution in [2.45, 2.75) is 26.3 Å². The van der Waals surface area contributed by atoms with Crippen molar-refractivity contribution in [1.82, 2.24) is 15.2 Å². The average Bonchev–Trinajstić information content (AvgIpc) is 3.07. The molecule has 1 aliphatic heterocycles. The molecule has 0 aliphatic carbocycles. The minimum absolute atomic E-state index is 0.0439.